The molecule has 0 aromatic carbocycles. The molecular formula is C9H19PS. The van der Waals surface area contributed by atoms with Gasteiger partial charge in [-0.05, 0) is 36.8 Å². The molecular weight excluding hydrogens is 171 g/mol. The van der Waals surface area contributed by atoms with Gasteiger partial charge in [0.25, 0.3) is 0 Å². The highest BCUT2D eigenvalue weighted by molar-refractivity contribution is 7.81. The Bertz CT molecular complexity index is 127. The van der Waals surface area contributed by atoms with Gasteiger partial charge in [0.1, 0.15) is 0 Å². The van der Waals surface area contributed by atoms with Gasteiger partial charge in [-0.25, -0.2) is 0 Å². The van der Waals surface area contributed by atoms with Gasteiger partial charge in [0, 0.05) is 5.25 Å². The van der Waals surface area contributed by atoms with Gasteiger partial charge in [-0.3, -0.25) is 0 Å². The van der Waals surface area contributed by atoms with Crippen molar-refractivity contribution in [1.29, 1.82) is 0 Å². The third-order valence-corrected chi connectivity index (χ3v) is 4.28. The third kappa shape index (κ3) is 2.12. The Labute approximate surface area is 78.1 Å². The van der Waals surface area contributed by atoms with E-state index < -0.39 is 0 Å². The van der Waals surface area contributed by atoms with Gasteiger partial charge in [0.05, 0.1) is 0 Å². The van der Waals surface area contributed by atoms with Crippen LogP contribution in [0.3, 0.4) is 0 Å². The standard InChI is InChI=1S/C9H19PS/c1-6-7(2)9(11)5-8(6)3-4-10/h6-9,11H,3-5,10H2,1-2H3. The Hall–Kier alpha value is 0.780. The van der Waals surface area contributed by atoms with Crippen LogP contribution in [-0.2, 0) is 0 Å². The van der Waals surface area contributed by atoms with Gasteiger partial charge in [-0.1, -0.05) is 13.8 Å². The fourth-order valence-corrected chi connectivity index (χ4v) is 3.08. The van der Waals surface area contributed by atoms with E-state index in [1.54, 1.807) is 0 Å². The van der Waals surface area contributed by atoms with Gasteiger partial charge < -0.3 is 0 Å². The van der Waals surface area contributed by atoms with Crippen LogP contribution in [0.5, 0.6) is 0 Å². The van der Waals surface area contributed by atoms with Gasteiger partial charge >= 0.3 is 0 Å². The van der Waals surface area contributed by atoms with E-state index in [0.717, 1.165) is 17.8 Å². The largest absolute Gasteiger partial charge is 0.176 e. The fraction of sp³-hybridized carbons (Fsp3) is 1.00. The lowest BCUT2D eigenvalue weighted by atomic mass is 9.91. The van der Waals surface area contributed by atoms with Crippen molar-refractivity contribution in [2.45, 2.75) is 31.9 Å². The molecule has 0 amide bonds. The lowest BCUT2D eigenvalue weighted by Crippen LogP contribution is -2.11. The molecule has 5 unspecified atom stereocenters. The molecule has 66 valence electrons. The molecule has 1 fully saturated rings. The Balaban J connectivity index is 2.45. The highest BCUT2D eigenvalue weighted by atomic mass is 32.1. The highest BCUT2D eigenvalue weighted by Crippen LogP contribution is 2.41. The first-order chi connectivity index (χ1) is 5.16. The molecule has 0 spiro atoms. The maximum atomic E-state index is 4.59. The molecule has 0 aromatic heterocycles. The lowest BCUT2D eigenvalue weighted by Gasteiger charge is -2.16. The predicted molar refractivity (Wildman–Crippen MR) is 58.4 cm³/mol. The van der Waals surface area contributed by atoms with Crippen LogP contribution in [0.1, 0.15) is 26.7 Å². The van der Waals surface area contributed by atoms with Crippen LogP contribution in [0.25, 0.3) is 0 Å². The number of rotatable bonds is 2. The average Bonchev–Trinajstić information content (AvgIpc) is 2.19. The summed E-state index contributed by atoms with van der Waals surface area (Å²) >= 11 is 4.59. The summed E-state index contributed by atoms with van der Waals surface area (Å²) in [4.78, 5) is 0. The summed E-state index contributed by atoms with van der Waals surface area (Å²) in [5.74, 6) is 2.64. The SMILES string of the molecule is CC1C(S)CC(CCP)C1C. The summed E-state index contributed by atoms with van der Waals surface area (Å²) in [6.07, 6.45) is 3.95. The summed E-state index contributed by atoms with van der Waals surface area (Å²) in [7, 11) is 2.82. The van der Waals surface area contributed by atoms with Crippen molar-refractivity contribution in [2.24, 2.45) is 17.8 Å². The number of hydrogen-bond acceptors (Lipinski definition) is 1. The van der Waals surface area contributed by atoms with Crippen LogP contribution >= 0.6 is 21.9 Å². The van der Waals surface area contributed by atoms with Crippen molar-refractivity contribution in [3.05, 3.63) is 0 Å². The van der Waals surface area contributed by atoms with Gasteiger partial charge in [0.15, 0.2) is 0 Å². The molecule has 1 saturated carbocycles. The first-order valence-electron chi connectivity index (χ1n) is 4.55. The zero-order valence-electron chi connectivity index (χ0n) is 7.46. The second kappa shape index (κ2) is 4.14. The predicted octanol–water partition coefficient (Wildman–Crippen LogP) is 2.84. The van der Waals surface area contributed by atoms with Gasteiger partial charge in [-0.15, -0.1) is 9.24 Å². The van der Waals surface area contributed by atoms with E-state index >= 15 is 0 Å². The van der Waals surface area contributed by atoms with E-state index in [1.165, 1.54) is 19.0 Å². The van der Waals surface area contributed by atoms with E-state index in [9.17, 15) is 0 Å². The third-order valence-electron chi connectivity index (χ3n) is 3.26. The van der Waals surface area contributed by atoms with E-state index in [2.05, 4.69) is 35.7 Å². The molecule has 0 nitrogen and oxygen atoms in total. The van der Waals surface area contributed by atoms with Crippen molar-refractivity contribution in [3.8, 4) is 0 Å². The van der Waals surface area contributed by atoms with Crippen molar-refractivity contribution >= 4 is 21.9 Å². The van der Waals surface area contributed by atoms with Crippen molar-refractivity contribution in [1.82, 2.24) is 0 Å². The van der Waals surface area contributed by atoms with Crippen LogP contribution in [0.4, 0.5) is 0 Å². The molecule has 5 atom stereocenters. The zero-order valence-corrected chi connectivity index (χ0v) is 9.50. The summed E-state index contributed by atoms with van der Waals surface area (Å²) in [5.41, 5.74) is 0. The molecule has 2 heteroatoms. The van der Waals surface area contributed by atoms with Gasteiger partial charge in [-0.2, -0.15) is 12.6 Å². The molecule has 1 aliphatic rings. The average molecular weight is 190 g/mol. The quantitative estimate of drug-likeness (QED) is 0.502. The topological polar surface area (TPSA) is 0 Å². The first-order valence-corrected chi connectivity index (χ1v) is 5.88. The van der Waals surface area contributed by atoms with E-state index in [0.29, 0.717) is 5.25 Å². The van der Waals surface area contributed by atoms with Crippen molar-refractivity contribution in [2.75, 3.05) is 6.16 Å². The van der Waals surface area contributed by atoms with E-state index in [-0.39, 0.29) is 0 Å². The Morgan fingerprint density at radius 1 is 1.36 bits per heavy atom. The lowest BCUT2D eigenvalue weighted by molar-refractivity contribution is 0.352. The molecule has 0 heterocycles. The molecule has 1 aliphatic carbocycles. The molecule has 1 rings (SSSR count). The maximum absolute atomic E-state index is 4.59. The summed E-state index contributed by atoms with van der Waals surface area (Å²) in [6.45, 7) is 4.72. The Morgan fingerprint density at radius 2 is 2.00 bits per heavy atom. The molecule has 0 radical (unpaired) electrons. The second-order valence-electron chi connectivity index (χ2n) is 3.86. The molecule has 0 N–H and O–H groups in total. The molecule has 0 aromatic rings. The first kappa shape index (κ1) is 9.86. The Morgan fingerprint density at radius 3 is 2.36 bits per heavy atom. The van der Waals surface area contributed by atoms with Crippen LogP contribution in [-0.4, -0.2) is 11.4 Å². The monoisotopic (exact) mass is 190 g/mol. The smallest absolute Gasteiger partial charge is 0.00478 e. The number of hydrogen-bond donors (Lipinski definition) is 1. The summed E-state index contributed by atoms with van der Waals surface area (Å²) in [6, 6.07) is 0. The minimum atomic E-state index is 0.659. The minimum absolute atomic E-state index is 0.659. The fourth-order valence-electron chi connectivity index (χ4n) is 2.11. The molecule has 0 saturated heterocycles. The van der Waals surface area contributed by atoms with Gasteiger partial charge in [0.2, 0.25) is 0 Å². The second-order valence-corrected chi connectivity index (χ2v) is 5.10. The highest BCUT2D eigenvalue weighted by Gasteiger charge is 2.34. The number of thiol groups is 1. The van der Waals surface area contributed by atoms with E-state index in [4.69, 9.17) is 0 Å². The van der Waals surface area contributed by atoms with E-state index in [1.807, 2.05) is 0 Å². The van der Waals surface area contributed by atoms with Crippen molar-refractivity contribution < 1.29 is 0 Å². The van der Waals surface area contributed by atoms with Crippen molar-refractivity contribution in [3.63, 3.8) is 0 Å². The summed E-state index contributed by atoms with van der Waals surface area (Å²) < 4.78 is 0. The molecule has 11 heavy (non-hydrogen) atoms. The van der Waals surface area contributed by atoms with Crippen LogP contribution in [0, 0.1) is 17.8 Å². The zero-order chi connectivity index (χ0) is 8.43. The normalized spacial score (nSPS) is 44.7. The molecule has 0 bridgehead atoms. The molecule has 0 aliphatic heterocycles. The maximum Gasteiger partial charge on any atom is 0.00478 e. The minimum Gasteiger partial charge on any atom is -0.176 e. The summed E-state index contributed by atoms with van der Waals surface area (Å²) in [5, 5.41) is 0.659. The Kier molecular flexibility index (Phi) is 3.71. The van der Waals surface area contributed by atoms with Crippen LogP contribution in [0.15, 0.2) is 0 Å². The van der Waals surface area contributed by atoms with Crippen LogP contribution in [0.2, 0.25) is 0 Å². The van der Waals surface area contributed by atoms with Crippen LogP contribution < -0.4 is 0 Å².